The smallest absolute Gasteiger partial charge is 0.508 e. The van der Waals surface area contributed by atoms with Crippen molar-refractivity contribution in [1.82, 2.24) is 0 Å². The topological polar surface area (TPSA) is 35.5 Å². The van der Waals surface area contributed by atoms with Gasteiger partial charge in [-0.25, -0.2) is 4.79 Å². The summed E-state index contributed by atoms with van der Waals surface area (Å²) in [6, 6.07) is 0. The third-order valence-corrected chi connectivity index (χ3v) is 10.1. The van der Waals surface area contributed by atoms with Crippen LogP contribution in [0.1, 0.15) is 194 Å². The van der Waals surface area contributed by atoms with Gasteiger partial charge in [-0.1, -0.05) is 168 Å². The lowest BCUT2D eigenvalue weighted by Gasteiger charge is -2.30. The fourth-order valence-corrected chi connectivity index (χ4v) is 6.49. The molecule has 0 aliphatic rings. The number of hydrogen-bond donors (Lipinski definition) is 0. The standard InChI is InChI=1S/C41H86N2O3.2BrH/c1-7-9-11-13-15-17-19-21-23-25-27-29-31-33-35-42(3,4)37-39-45-41(44)46-40-38-43(5,6)36-34-32-30-28-26-24-22-20-18-16-14-12-10-8-2;;/h7-40H2,1-6H3;2*1H/q+2;;/p-2. The average Bonchev–Trinajstić information content (AvgIpc) is 3.01. The SMILES string of the molecule is CCCCCCCCCCCCCCCC[N+](C)(C)CCOC(=O)OCC[N+](C)(C)CCCCCCCCCCCCCCCC.[Br-].[Br-]. The number of carbonyl (C=O) groups excluding carboxylic acids is 1. The maximum Gasteiger partial charge on any atom is 0.508 e. The van der Waals surface area contributed by atoms with Crippen molar-refractivity contribution in [3.8, 4) is 0 Å². The Morgan fingerprint density at radius 1 is 0.354 bits per heavy atom. The third-order valence-electron chi connectivity index (χ3n) is 10.1. The van der Waals surface area contributed by atoms with Crippen molar-refractivity contribution in [3.05, 3.63) is 0 Å². The molecule has 0 saturated carbocycles. The Kier molecular flexibility index (Phi) is 42.0. The number of carbonyl (C=O) groups is 1. The molecule has 0 rings (SSSR count). The van der Waals surface area contributed by atoms with Crippen LogP contribution in [0.2, 0.25) is 0 Å². The summed E-state index contributed by atoms with van der Waals surface area (Å²) in [4.78, 5) is 12.2. The highest BCUT2D eigenvalue weighted by Gasteiger charge is 2.18. The molecule has 0 heterocycles. The van der Waals surface area contributed by atoms with Crippen molar-refractivity contribution in [3.63, 3.8) is 0 Å². The van der Waals surface area contributed by atoms with E-state index in [4.69, 9.17) is 9.47 Å². The molecular weight excluding hydrogens is 728 g/mol. The highest BCUT2D eigenvalue weighted by molar-refractivity contribution is 5.59. The molecule has 0 unspecified atom stereocenters. The van der Waals surface area contributed by atoms with Crippen LogP contribution in [0.15, 0.2) is 0 Å². The van der Waals surface area contributed by atoms with E-state index >= 15 is 0 Å². The molecule has 0 amide bonds. The van der Waals surface area contributed by atoms with Gasteiger partial charge in [-0.2, -0.15) is 0 Å². The molecule has 0 aromatic heterocycles. The molecule has 0 atom stereocenters. The number of halogens is 2. The maximum absolute atomic E-state index is 12.2. The molecule has 0 aliphatic carbocycles. The zero-order valence-electron chi connectivity index (χ0n) is 33.4. The van der Waals surface area contributed by atoms with Crippen LogP contribution in [-0.4, -0.2) is 82.7 Å². The molecule has 7 heteroatoms. The number of rotatable bonds is 36. The Morgan fingerprint density at radius 3 is 0.792 bits per heavy atom. The Hall–Kier alpha value is 0.150. The summed E-state index contributed by atoms with van der Waals surface area (Å²) in [6.45, 7) is 9.41. The van der Waals surface area contributed by atoms with Crippen LogP contribution in [0.3, 0.4) is 0 Å². The largest absolute Gasteiger partial charge is 1.00 e. The Bertz CT molecular complexity index is 597. The zero-order valence-corrected chi connectivity index (χ0v) is 36.6. The van der Waals surface area contributed by atoms with Crippen molar-refractivity contribution in [2.24, 2.45) is 0 Å². The van der Waals surface area contributed by atoms with E-state index in [1.807, 2.05) is 0 Å². The highest BCUT2D eigenvalue weighted by atomic mass is 79.9. The molecule has 0 aromatic carbocycles. The Morgan fingerprint density at radius 2 is 0.562 bits per heavy atom. The second-order valence-electron chi connectivity index (χ2n) is 15.9. The van der Waals surface area contributed by atoms with Gasteiger partial charge in [0.2, 0.25) is 0 Å². The predicted octanol–water partition coefficient (Wildman–Crippen LogP) is 6.26. The van der Waals surface area contributed by atoms with E-state index in [-0.39, 0.29) is 34.0 Å². The molecule has 0 fully saturated rings. The number of hydrogen-bond acceptors (Lipinski definition) is 3. The predicted molar refractivity (Wildman–Crippen MR) is 202 cm³/mol. The molecule has 5 nitrogen and oxygen atoms in total. The summed E-state index contributed by atoms with van der Waals surface area (Å²) in [5.41, 5.74) is 0. The van der Waals surface area contributed by atoms with Crippen molar-refractivity contribution in [1.29, 1.82) is 0 Å². The maximum atomic E-state index is 12.2. The van der Waals surface area contributed by atoms with E-state index in [0.29, 0.717) is 13.2 Å². The van der Waals surface area contributed by atoms with Crippen LogP contribution in [0.4, 0.5) is 4.79 Å². The van der Waals surface area contributed by atoms with E-state index in [2.05, 4.69) is 42.0 Å². The fraction of sp³-hybridized carbons (Fsp3) is 0.976. The van der Waals surface area contributed by atoms with Crippen LogP contribution in [0.25, 0.3) is 0 Å². The Labute approximate surface area is 323 Å². The molecule has 0 aromatic rings. The van der Waals surface area contributed by atoms with Crippen molar-refractivity contribution >= 4 is 6.16 Å². The number of likely N-dealkylation sites (N-methyl/N-ethyl adjacent to an activating group) is 2. The van der Waals surface area contributed by atoms with E-state index in [0.717, 1.165) is 35.1 Å². The molecule has 0 saturated heterocycles. The lowest BCUT2D eigenvalue weighted by atomic mass is 10.0. The van der Waals surface area contributed by atoms with Gasteiger partial charge < -0.3 is 52.4 Å². The van der Waals surface area contributed by atoms with Gasteiger partial charge in [0, 0.05) is 0 Å². The number of nitrogens with zero attached hydrogens (tertiary/aromatic N) is 2. The number of unbranched alkanes of at least 4 members (excludes halogenated alkanes) is 26. The van der Waals surface area contributed by atoms with Gasteiger partial charge in [0.15, 0.2) is 0 Å². The molecule has 0 radical (unpaired) electrons. The van der Waals surface area contributed by atoms with Gasteiger partial charge in [-0.15, -0.1) is 0 Å². The van der Waals surface area contributed by atoms with Gasteiger partial charge in [0.05, 0.1) is 41.3 Å². The first-order valence-corrected chi connectivity index (χ1v) is 20.7. The van der Waals surface area contributed by atoms with Gasteiger partial charge in [0.1, 0.15) is 26.3 Å². The third kappa shape index (κ3) is 40.6. The molecule has 0 spiro atoms. The van der Waals surface area contributed by atoms with Crippen LogP contribution < -0.4 is 34.0 Å². The van der Waals surface area contributed by atoms with Crippen LogP contribution in [0.5, 0.6) is 0 Å². The molecule has 0 aliphatic heterocycles. The second kappa shape index (κ2) is 38.4. The average molecular weight is 815 g/mol. The molecule has 0 N–H and O–H groups in total. The van der Waals surface area contributed by atoms with Gasteiger partial charge >= 0.3 is 6.16 Å². The van der Waals surface area contributed by atoms with Crippen molar-refractivity contribution in [2.45, 2.75) is 194 Å². The van der Waals surface area contributed by atoms with Gasteiger partial charge in [0.25, 0.3) is 0 Å². The normalized spacial score (nSPS) is 11.6. The van der Waals surface area contributed by atoms with E-state index < -0.39 is 6.16 Å². The monoisotopic (exact) mass is 813 g/mol. The van der Waals surface area contributed by atoms with Crippen molar-refractivity contribution < 1.29 is 57.2 Å². The van der Waals surface area contributed by atoms with E-state index in [1.165, 1.54) is 180 Å². The summed E-state index contributed by atoms with van der Waals surface area (Å²) in [7, 11) is 8.98. The first-order valence-electron chi connectivity index (χ1n) is 20.7. The van der Waals surface area contributed by atoms with Crippen LogP contribution >= 0.6 is 0 Å². The van der Waals surface area contributed by atoms with Crippen LogP contribution in [0, 0.1) is 0 Å². The molecule has 48 heavy (non-hydrogen) atoms. The quantitative estimate of drug-likeness (QED) is 0.0426. The second-order valence-corrected chi connectivity index (χ2v) is 15.9. The number of ether oxygens (including phenoxy) is 2. The van der Waals surface area contributed by atoms with Gasteiger partial charge in [-0.05, 0) is 25.7 Å². The minimum atomic E-state index is -0.506. The highest BCUT2D eigenvalue weighted by Crippen LogP contribution is 2.15. The summed E-state index contributed by atoms with van der Waals surface area (Å²) < 4.78 is 12.6. The summed E-state index contributed by atoms with van der Waals surface area (Å²) in [5, 5.41) is 0. The molecule has 0 bridgehead atoms. The van der Waals surface area contributed by atoms with Crippen LogP contribution in [-0.2, 0) is 9.47 Å². The van der Waals surface area contributed by atoms with E-state index in [9.17, 15) is 4.79 Å². The summed E-state index contributed by atoms with van der Waals surface area (Å²) >= 11 is 0. The zero-order chi connectivity index (χ0) is 34.0. The van der Waals surface area contributed by atoms with E-state index in [1.54, 1.807) is 0 Å². The summed E-state index contributed by atoms with van der Waals surface area (Å²) in [6.07, 6.45) is 38.5. The minimum Gasteiger partial charge on any atom is -1.00 e. The lowest BCUT2D eigenvalue weighted by Crippen LogP contribution is -3.00. The first-order chi connectivity index (χ1) is 22.2. The number of quaternary nitrogens is 2. The summed E-state index contributed by atoms with van der Waals surface area (Å²) in [5.74, 6) is 0. The molecule has 292 valence electrons. The first kappa shape index (κ1) is 52.5. The minimum absolute atomic E-state index is 0. The van der Waals surface area contributed by atoms with Crippen molar-refractivity contribution in [2.75, 3.05) is 67.6 Å². The molecular formula is C41H86Br2N2O3. The lowest BCUT2D eigenvalue weighted by molar-refractivity contribution is -0.891. The Balaban J connectivity index is -0.0000101. The van der Waals surface area contributed by atoms with Gasteiger partial charge in [-0.3, -0.25) is 0 Å². The fourth-order valence-electron chi connectivity index (χ4n) is 6.49.